The summed E-state index contributed by atoms with van der Waals surface area (Å²) in [4.78, 5) is 8.33. The number of ether oxygens (including phenoxy) is 1. The lowest BCUT2D eigenvalue weighted by Gasteiger charge is -2.08. The molecule has 0 spiro atoms. The molecule has 2 aromatic rings. The van der Waals surface area contributed by atoms with Gasteiger partial charge in [0.15, 0.2) is 6.19 Å². The number of nitrogens with one attached hydrogen (secondary N) is 2. The zero-order chi connectivity index (χ0) is 19.3. The second-order valence-electron chi connectivity index (χ2n) is 5.67. The van der Waals surface area contributed by atoms with Crippen molar-refractivity contribution >= 4 is 34.8 Å². The van der Waals surface area contributed by atoms with Crippen LogP contribution in [0.3, 0.4) is 0 Å². The third-order valence-corrected chi connectivity index (χ3v) is 4.12. The van der Waals surface area contributed by atoms with E-state index in [0.29, 0.717) is 34.9 Å². The van der Waals surface area contributed by atoms with Crippen LogP contribution in [0.4, 0.5) is 5.69 Å². The van der Waals surface area contributed by atoms with Gasteiger partial charge in [-0.2, -0.15) is 5.26 Å². The largest absolute Gasteiger partial charge is 0.492 e. The smallest absolute Gasteiger partial charge is 0.209 e. The first-order valence-corrected chi connectivity index (χ1v) is 9.39. The van der Waals surface area contributed by atoms with E-state index in [0.717, 1.165) is 31.4 Å². The average molecular weight is 406 g/mol. The van der Waals surface area contributed by atoms with Crippen LogP contribution in [-0.4, -0.2) is 24.1 Å². The predicted molar refractivity (Wildman–Crippen MR) is 109 cm³/mol. The zero-order valence-corrected chi connectivity index (χ0v) is 16.3. The highest BCUT2D eigenvalue weighted by Crippen LogP contribution is 2.27. The van der Waals surface area contributed by atoms with Crippen molar-refractivity contribution in [2.45, 2.75) is 25.7 Å². The third-order valence-electron chi connectivity index (χ3n) is 3.59. The van der Waals surface area contributed by atoms with E-state index in [2.05, 4.69) is 20.6 Å². The van der Waals surface area contributed by atoms with Gasteiger partial charge in [-0.25, -0.2) is 0 Å². The number of aromatic nitrogens is 1. The van der Waals surface area contributed by atoms with E-state index < -0.39 is 0 Å². The number of guanidine groups is 1. The Morgan fingerprint density at radius 2 is 1.89 bits per heavy atom. The summed E-state index contributed by atoms with van der Waals surface area (Å²) in [5.74, 6) is 1.09. The van der Waals surface area contributed by atoms with Crippen LogP contribution in [0.1, 0.15) is 25.7 Å². The Hall–Kier alpha value is -2.49. The molecule has 6 nitrogen and oxygen atoms in total. The minimum Gasteiger partial charge on any atom is -0.492 e. The van der Waals surface area contributed by atoms with Crippen molar-refractivity contribution in [1.29, 1.82) is 5.26 Å². The number of pyridine rings is 1. The van der Waals surface area contributed by atoms with Crippen LogP contribution in [0.15, 0.2) is 47.7 Å². The molecule has 0 aliphatic heterocycles. The van der Waals surface area contributed by atoms with Gasteiger partial charge >= 0.3 is 0 Å². The molecule has 0 saturated carbocycles. The molecule has 0 atom stereocenters. The summed E-state index contributed by atoms with van der Waals surface area (Å²) in [5.41, 5.74) is 0.824. The minimum absolute atomic E-state index is 0.435. The van der Waals surface area contributed by atoms with Crippen LogP contribution in [0.5, 0.6) is 5.75 Å². The monoisotopic (exact) mass is 405 g/mol. The zero-order valence-electron chi connectivity index (χ0n) is 14.8. The molecule has 2 N–H and O–H groups in total. The second-order valence-corrected chi connectivity index (χ2v) is 6.51. The number of rotatable bonds is 9. The van der Waals surface area contributed by atoms with Gasteiger partial charge < -0.3 is 10.1 Å². The number of nitrogens with zero attached hydrogens (tertiary/aromatic N) is 3. The molecule has 0 unspecified atom stereocenters. The summed E-state index contributed by atoms with van der Waals surface area (Å²) in [5, 5.41) is 15.5. The van der Waals surface area contributed by atoms with E-state index in [1.165, 1.54) is 0 Å². The summed E-state index contributed by atoms with van der Waals surface area (Å²) < 4.78 is 5.66. The van der Waals surface area contributed by atoms with Gasteiger partial charge in [0.25, 0.3) is 0 Å². The minimum atomic E-state index is 0.435. The summed E-state index contributed by atoms with van der Waals surface area (Å²) in [6.07, 6.45) is 9.14. The summed E-state index contributed by atoms with van der Waals surface area (Å²) in [7, 11) is 0. The van der Waals surface area contributed by atoms with Crippen molar-refractivity contribution in [2.24, 2.45) is 4.99 Å². The van der Waals surface area contributed by atoms with E-state index in [1.807, 2.05) is 18.3 Å². The molecule has 27 heavy (non-hydrogen) atoms. The van der Waals surface area contributed by atoms with Crippen molar-refractivity contribution in [3.05, 3.63) is 52.8 Å². The Morgan fingerprint density at radius 3 is 2.63 bits per heavy atom. The van der Waals surface area contributed by atoms with Crippen LogP contribution in [0, 0.1) is 11.5 Å². The van der Waals surface area contributed by atoms with E-state index in [-0.39, 0.29) is 0 Å². The van der Waals surface area contributed by atoms with Gasteiger partial charge in [0, 0.05) is 29.6 Å². The number of benzene rings is 1. The van der Waals surface area contributed by atoms with E-state index in [1.54, 1.807) is 30.6 Å². The fraction of sp³-hybridized carbons (Fsp3) is 0.316. The average Bonchev–Trinajstić information content (AvgIpc) is 2.66. The van der Waals surface area contributed by atoms with Gasteiger partial charge in [-0.1, -0.05) is 29.6 Å². The number of unbranched alkanes of at least 4 members (excludes halogenated alkanes) is 3. The van der Waals surface area contributed by atoms with Crippen molar-refractivity contribution in [3.63, 3.8) is 0 Å². The van der Waals surface area contributed by atoms with E-state index in [4.69, 9.17) is 33.2 Å². The van der Waals surface area contributed by atoms with Crippen LogP contribution in [0.2, 0.25) is 10.0 Å². The molecule has 142 valence electrons. The molecule has 0 saturated heterocycles. The summed E-state index contributed by atoms with van der Waals surface area (Å²) in [6.45, 7) is 1.24. The molecule has 0 bridgehead atoms. The number of hydrogen-bond acceptors (Lipinski definition) is 4. The van der Waals surface area contributed by atoms with Crippen molar-refractivity contribution in [3.8, 4) is 11.9 Å². The third kappa shape index (κ3) is 8.16. The molecular formula is C19H21Cl2N5O. The molecule has 0 amide bonds. The normalized spacial score (nSPS) is 10.9. The van der Waals surface area contributed by atoms with E-state index >= 15 is 0 Å². The fourth-order valence-corrected chi connectivity index (χ4v) is 2.73. The highest BCUT2D eigenvalue weighted by atomic mass is 35.5. The van der Waals surface area contributed by atoms with Crippen LogP contribution in [-0.2, 0) is 0 Å². The fourth-order valence-electron chi connectivity index (χ4n) is 2.27. The number of hydrogen-bond donors (Lipinski definition) is 2. The molecule has 0 fully saturated rings. The maximum atomic E-state index is 8.82. The number of nitriles is 1. The maximum Gasteiger partial charge on any atom is 0.209 e. The first-order valence-electron chi connectivity index (χ1n) is 8.63. The van der Waals surface area contributed by atoms with Gasteiger partial charge in [-0.15, -0.1) is 0 Å². The quantitative estimate of drug-likeness (QED) is 0.204. The molecule has 0 radical (unpaired) electrons. The van der Waals surface area contributed by atoms with Crippen molar-refractivity contribution < 1.29 is 4.74 Å². The van der Waals surface area contributed by atoms with Crippen LogP contribution >= 0.6 is 23.2 Å². The van der Waals surface area contributed by atoms with Crippen LogP contribution < -0.4 is 15.4 Å². The first-order chi connectivity index (χ1) is 13.2. The standard InChI is InChI=1S/C19H21Cl2N5O/c20-15-5-6-18(17(21)13-15)27-12-4-2-1-3-9-24-19(25-14-22)26-16-7-10-23-11-8-16/h5-8,10-11,13H,1-4,9,12H2,(H2,23,24,25,26). The highest BCUT2D eigenvalue weighted by Gasteiger charge is 2.02. The highest BCUT2D eigenvalue weighted by molar-refractivity contribution is 6.35. The molecule has 1 aromatic heterocycles. The van der Waals surface area contributed by atoms with Gasteiger partial charge in [0.1, 0.15) is 5.75 Å². The number of anilines is 1. The molecule has 1 aromatic carbocycles. The lowest BCUT2D eigenvalue weighted by molar-refractivity contribution is 0.305. The molecule has 0 aliphatic rings. The number of aliphatic imine (C=N–C) groups is 1. The van der Waals surface area contributed by atoms with Gasteiger partial charge in [-0.3, -0.25) is 15.3 Å². The SMILES string of the molecule is N#CNC(=NCCCCCCOc1ccc(Cl)cc1Cl)Nc1ccncc1. The van der Waals surface area contributed by atoms with Crippen LogP contribution in [0.25, 0.3) is 0 Å². The molecule has 1 heterocycles. The topological polar surface area (TPSA) is 82.3 Å². The van der Waals surface area contributed by atoms with E-state index in [9.17, 15) is 0 Å². The molecule has 0 aliphatic carbocycles. The Kier molecular flexibility index (Phi) is 9.25. The van der Waals surface area contributed by atoms with Gasteiger partial charge in [0.2, 0.25) is 5.96 Å². The summed E-state index contributed by atoms with van der Waals surface area (Å²) >= 11 is 11.9. The lowest BCUT2D eigenvalue weighted by Crippen LogP contribution is -2.27. The first kappa shape index (κ1) is 20.8. The number of halogens is 2. The Bertz CT molecular complexity index is 777. The Morgan fingerprint density at radius 1 is 1.11 bits per heavy atom. The lowest BCUT2D eigenvalue weighted by atomic mass is 10.2. The van der Waals surface area contributed by atoms with Gasteiger partial charge in [0.05, 0.1) is 11.6 Å². The summed E-state index contributed by atoms with van der Waals surface area (Å²) in [6, 6.07) is 8.82. The predicted octanol–water partition coefficient (Wildman–Crippen LogP) is 4.87. The molecular weight excluding hydrogens is 385 g/mol. The van der Waals surface area contributed by atoms with Gasteiger partial charge in [-0.05, 0) is 49.6 Å². The molecule has 8 heteroatoms. The Labute approximate surface area is 169 Å². The second kappa shape index (κ2) is 12.0. The van der Waals surface area contributed by atoms with Crippen molar-refractivity contribution in [2.75, 3.05) is 18.5 Å². The molecule has 2 rings (SSSR count). The van der Waals surface area contributed by atoms with Crippen molar-refractivity contribution in [1.82, 2.24) is 10.3 Å². The maximum absolute atomic E-state index is 8.82. The Balaban J connectivity index is 1.62.